The average molecular weight is 310 g/mol. The highest BCUT2D eigenvalue weighted by atomic mass is 79.9. The highest BCUT2D eigenvalue weighted by Crippen LogP contribution is 2.38. The van der Waals surface area contributed by atoms with Crippen LogP contribution in [0, 0.1) is 11.7 Å². The Hall–Kier alpha value is -0.940. The number of aromatic amines is 1. The van der Waals surface area contributed by atoms with E-state index >= 15 is 0 Å². The Labute approximate surface area is 113 Å². The van der Waals surface area contributed by atoms with Gasteiger partial charge < -0.3 is 0 Å². The third kappa shape index (κ3) is 2.09. The fourth-order valence-corrected chi connectivity index (χ4v) is 2.93. The summed E-state index contributed by atoms with van der Waals surface area (Å²) in [4.78, 5) is 0. The monoisotopic (exact) mass is 309 g/mol. The van der Waals surface area contributed by atoms with Crippen LogP contribution in [-0.2, 0) is 0 Å². The van der Waals surface area contributed by atoms with Gasteiger partial charge in [-0.2, -0.15) is 5.10 Å². The predicted molar refractivity (Wildman–Crippen MR) is 73.6 cm³/mol. The van der Waals surface area contributed by atoms with Crippen LogP contribution in [0.2, 0.25) is 0 Å². The van der Waals surface area contributed by atoms with Crippen molar-refractivity contribution in [2.45, 2.75) is 25.8 Å². The summed E-state index contributed by atoms with van der Waals surface area (Å²) in [6, 6.07) is 6.84. The van der Waals surface area contributed by atoms with E-state index in [1.807, 2.05) is 0 Å². The lowest BCUT2D eigenvalue weighted by Crippen LogP contribution is -1.97. The summed E-state index contributed by atoms with van der Waals surface area (Å²) in [5.74, 6) is 0.946. The van der Waals surface area contributed by atoms with Gasteiger partial charge in [0.05, 0.1) is 0 Å². The number of rotatable bonds is 2. The molecule has 3 nitrogen and oxygen atoms in total. The molecule has 1 aromatic heterocycles. The zero-order valence-electron chi connectivity index (χ0n) is 9.40. The lowest BCUT2D eigenvalue weighted by atomic mass is 10.1. The fourth-order valence-electron chi connectivity index (χ4n) is 2.05. The molecule has 1 aromatic carbocycles. The molecule has 0 amide bonds. The van der Waals surface area contributed by atoms with Gasteiger partial charge in [-0.3, -0.25) is 9.67 Å². The first-order valence-corrected chi connectivity index (χ1v) is 6.80. The van der Waals surface area contributed by atoms with Gasteiger partial charge in [0.15, 0.2) is 10.6 Å². The van der Waals surface area contributed by atoms with Crippen molar-refractivity contribution in [2.24, 2.45) is 0 Å². The number of aromatic nitrogens is 3. The van der Waals surface area contributed by atoms with Crippen molar-refractivity contribution in [3.8, 4) is 11.4 Å². The van der Waals surface area contributed by atoms with Gasteiger partial charge in [-0.15, -0.1) is 0 Å². The van der Waals surface area contributed by atoms with Crippen LogP contribution >= 0.6 is 28.1 Å². The maximum absolute atomic E-state index is 5.29. The van der Waals surface area contributed by atoms with E-state index in [0.29, 0.717) is 6.04 Å². The van der Waals surface area contributed by atoms with Crippen molar-refractivity contribution in [3.05, 3.63) is 33.0 Å². The molecule has 0 unspecified atom stereocenters. The molecule has 5 heteroatoms. The zero-order chi connectivity index (χ0) is 12.0. The Morgan fingerprint density at radius 1 is 1.41 bits per heavy atom. The smallest absolute Gasteiger partial charge is 0.195 e. The molecule has 1 N–H and O–H groups in total. The summed E-state index contributed by atoms with van der Waals surface area (Å²) in [7, 11) is 0. The number of nitrogens with zero attached hydrogens (tertiary/aromatic N) is 2. The zero-order valence-corrected chi connectivity index (χ0v) is 11.8. The van der Waals surface area contributed by atoms with Crippen molar-refractivity contribution in [3.63, 3.8) is 0 Å². The van der Waals surface area contributed by atoms with E-state index < -0.39 is 0 Å². The maximum atomic E-state index is 5.29. The molecule has 0 atom stereocenters. The number of aryl methyl sites for hydroxylation is 1. The van der Waals surface area contributed by atoms with Gasteiger partial charge in [0, 0.05) is 16.1 Å². The van der Waals surface area contributed by atoms with Gasteiger partial charge in [0.1, 0.15) is 0 Å². The molecule has 1 fully saturated rings. The van der Waals surface area contributed by atoms with Gasteiger partial charge in [0.25, 0.3) is 0 Å². The maximum Gasteiger partial charge on any atom is 0.195 e. The third-order valence-electron chi connectivity index (χ3n) is 2.92. The predicted octanol–water partition coefficient (Wildman–Crippen LogP) is 4.01. The Bertz CT molecular complexity index is 605. The van der Waals surface area contributed by atoms with Crippen LogP contribution in [0.15, 0.2) is 22.7 Å². The van der Waals surface area contributed by atoms with Crippen LogP contribution in [0.3, 0.4) is 0 Å². The molecular formula is C12H12BrN3S. The fraction of sp³-hybridized carbons (Fsp3) is 0.333. The van der Waals surface area contributed by atoms with Gasteiger partial charge in [0.2, 0.25) is 0 Å². The summed E-state index contributed by atoms with van der Waals surface area (Å²) in [5.41, 5.74) is 2.32. The topological polar surface area (TPSA) is 33.6 Å². The minimum atomic E-state index is 0.538. The summed E-state index contributed by atoms with van der Waals surface area (Å²) >= 11 is 8.81. The number of hydrogen-bond donors (Lipinski definition) is 1. The van der Waals surface area contributed by atoms with E-state index in [-0.39, 0.29) is 0 Å². The SMILES string of the molecule is Cc1cc(Br)cc(-c2n[nH]c(=S)n2C2CC2)c1. The van der Waals surface area contributed by atoms with Crippen LogP contribution in [0.4, 0.5) is 0 Å². The van der Waals surface area contributed by atoms with E-state index in [1.54, 1.807) is 0 Å². The van der Waals surface area contributed by atoms with Crippen molar-refractivity contribution in [2.75, 3.05) is 0 Å². The lowest BCUT2D eigenvalue weighted by molar-refractivity contribution is 0.735. The van der Waals surface area contributed by atoms with Crippen LogP contribution in [0.25, 0.3) is 11.4 Å². The molecule has 88 valence electrons. The second-order valence-electron chi connectivity index (χ2n) is 4.47. The van der Waals surface area contributed by atoms with Crippen LogP contribution < -0.4 is 0 Å². The summed E-state index contributed by atoms with van der Waals surface area (Å²) in [5, 5.41) is 7.25. The van der Waals surface area contributed by atoms with Gasteiger partial charge in [-0.1, -0.05) is 15.9 Å². The molecule has 1 aliphatic rings. The summed E-state index contributed by atoms with van der Waals surface area (Å²) < 4.78 is 3.93. The quantitative estimate of drug-likeness (QED) is 0.850. The van der Waals surface area contributed by atoms with E-state index in [4.69, 9.17) is 12.2 Å². The molecular weight excluding hydrogens is 298 g/mol. The second kappa shape index (κ2) is 4.07. The summed E-state index contributed by atoms with van der Waals surface area (Å²) in [6.45, 7) is 2.08. The molecule has 17 heavy (non-hydrogen) atoms. The number of halogens is 1. The minimum absolute atomic E-state index is 0.538. The minimum Gasteiger partial charge on any atom is -0.297 e. The van der Waals surface area contributed by atoms with Crippen molar-refractivity contribution in [1.82, 2.24) is 14.8 Å². The molecule has 1 aliphatic carbocycles. The highest BCUT2D eigenvalue weighted by Gasteiger charge is 2.27. The molecule has 0 bridgehead atoms. The molecule has 0 radical (unpaired) electrons. The Morgan fingerprint density at radius 3 is 2.82 bits per heavy atom. The third-order valence-corrected chi connectivity index (χ3v) is 3.66. The van der Waals surface area contributed by atoms with Crippen LogP contribution in [-0.4, -0.2) is 14.8 Å². The first kappa shape index (κ1) is 11.2. The van der Waals surface area contributed by atoms with Crippen molar-refractivity contribution < 1.29 is 0 Å². The molecule has 3 rings (SSSR count). The van der Waals surface area contributed by atoms with E-state index in [0.717, 1.165) is 20.6 Å². The first-order chi connectivity index (χ1) is 8.15. The normalized spacial score (nSPS) is 15.2. The average Bonchev–Trinajstić information content (AvgIpc) is 3.01. The molecule has 0 spiro atoms. The van der Waals surface area contributed by atoms with E-state index in [9.17, 15) is 0 Å². The Morgan fingerprint density at radius 2 is 2.18 bits per heavy atom. The lowest BCUT2D eigenvalue weighted by Gasteiger charge is -2.06. The molecule has 0 saturated heterocycles. The van der Waals surface area contributed by atoms with Crippen molar-refractivity contribution >= 4 is 28.1 Å². The van der Waals surface area contributed by atoms with E-state index in [1.165, 1.54) is 18.4 Å². The molecule has 0 aliphatic heterocycles. The first-order valence-electron chi connectivity index (χ1n) is 5.59. The van der Waals surface area contributed by atoms with Crippen molar-refractivity contribution in [1.29, 1.82) is 0 Å². The number of H-pyrrole nitrogens is 1. The van der Waals surface area contributed by atoms with Gasteiger partial charge >= 0.3 is 0 Å². The van der Waals surface area contributed by atoms with Gasteiger partial charge in [-0.05, 0) is 55.7 Å². The second-order valence-corrected chi connectivity index (χ2v) is 5.77. The number of hydrogen-bond acceptors (Lipinski definition) is 2. The van der Waals surface area contributed by atoms with Crippen LogP contribution in [0.1, 0.15) is 24.4 Å². The molecule has 1 heterocycles. The Kier molecular flexibility index (Phi) is 2.67. The summed E-state index contributed by atoms with van der Waals surface area (Å²) in [6.07, 6.45) is 2.40. The number of benzene rings is 1. The highest BCUT2D eigenvalue weighted by molar-refractivity contribution is 9.10. The van der Waals surface area contributed by atoms with E-state index in [2.05, 4.69) is 55.8 Å². The van der Waals surface area contributed by atoms with Crippen LogP contribution in [0.5, 0.6) is 0 Å². The van der Waals surface area contributed by atoms with Gasteiger partial charge in [-0.25, -0.2) is 0 Å². The molecule has 2 aromatic rings. The molecule has 1 saturated carbocycles. The standard InChI is InChI=1S/C12H12BrN3S/c1-7-4-8(6-9(13)5-7)11-14-15-12(17)16(11)10-2-3-10/h4-6,10H,2-3H2,1H3,(H,15,17). The number of nitrogens with one attached hydrogen (secondary N) is 1. The Balaban J connectivity index is 2.17. The largest absolute Gasteiger partial charge is 0.297 e.